The fourth-order valence-electron chi connectivity index (χ4n) is 1.57. The van der Waals surface area contributed by atoms with Crippen molar-refractivity contribution in [1.29, 1.82) is 0 Å². The number of benzene rings is 1. The number of rotatable bonds is 6. The van der Waals surface area contributed by atoms with Gasteiger partial charge in [-0.05, 0) is 24.3 Å². The summed E-state index contributed by atoms with van der Waals surface area (Å²) in [5, 5.41) is 9.82. The molecule has 1 aromatic rings. The van der Waals surface area contributed by atoms with E-state index < -0.39 is 0 Å². The molecule has 1 aliphatic carbocycles. The molecule has 0 amide bonds. The summed E-state index contributed by atoms with van der Waals surface area (Å²) in [6.45, 7) is 1.54. The minimum atomic E-state index is -0.384. The van der Waals surface area contributed by atoms with Crippen LogP contribution in [-0.4, -0.2) is 18.3 Å². The average Bonchev–Trinajstić information content (AvgIpc) is 3.09. The van der Waals surface area contributed by atoms with Crippen LogP contribution in [0.1, 0.15) is 30.9 Å². The first-order chi connectivity index (χ1) is 7.36. The van der Waals surface area contributed by atoms with Gasteiger partial charge in [0.15, 0.2) is 0 Å². The van der Waals surface area contributed by atoms with Crippen LogP contribution in [0.3, 0.4) is 0 Å². The van der Waals surface area contributed by atoms with Gasteiger partial charge in [0.2, 0.25) is 0 Å². The van der Waals surface area contributed by atoms with E-state index in [0.29, 0.717) is 13.0 Å². The molecule has 0 radical (unpaired) electrons. The first kappa shape index (κ1) is 10.7. The number of hydrogen-bond acceptors (Lipinski definition) is 2. The smallest absolute Gasteiger partial charge is 0.0812 e. The average molecular weight is 206 g/mol. The molecule has 1 unspecified atom stereocenters. The van der Waals surface area contributed by atoms with Crippen LogP contribution in [0.25, 0.3) is 0 Å². The van der Waals surface area contributed by atoms with Gasteiger partial charge in [-0.15, -0.1) is 0 Å². The van der Waals surface area contributed by atoms with Crippen molar-refractivity contribution in [3.63, 3.8) is 0 Å². The van der Waals surface area contributed by atoms with E-state index in [4.69, 9.17) is 4.74 Å². The zero-order chi connectivity index (χ0) is 10.5. The van der Waals surface area contributed by atoms with E-state index in [1.165, 1.54) is 12.8 Å². The molecule has 0 saturated heterocycles. The van der Waals surface area contributed by atoms with Gasteiger partial charge in [-0.25, -0.2) is 0 Å². The van der Waals surface area contributed by atoms with Crippen molar-refractivity contribution in [2.24, 2.45) is 5.92 Å². The van der Waals surface area contributed by atoms with E-state index in [1.54, 1.807) is 0 Å². The molecular weight excluding hydrogens is 188 g/mol. The molecule has 2 rings (SSSR count). The van der Waals surface area contributed by atoms with Crippen molar-refractivity contribution < 1.29 is 9.84 Å². The van der Waals surface area contributed by atoms with Crippen LogP contribution in [0, 0.1) is 5.92 Å². The van der Waals surface area contributed by atoms with Gasteiger partial charge >= 0.3 is 0 Å². The molecule has 15 heavy (non-hydrogen) atoms. The second-order valence-electron chi connectivity index (χ2n) is 4.23. The highest BCUT2D eigenvalue weighted by atomic mass is 16.5. The Morgan fingerprint density at radius 2 is 2.00 bits per heavy atom. The van der Waals surface area contributed by atoms with E-state index in [1.807, 2.05) is 30.3 Å². The highest BCUT2D eigenvalue weighted by Gasteiger charge is 2.21. The molecule has 0 aromatic heterocycles. The van der Waals surface area contributed by atoms with Gasteiger partial charge in [-0.1, -0.05) is 30.3 Å². The van der Waals surface area contributed by atoms with Crippen LogP contribution in [0.4, 0.5) is 0 Å². The summed E-state index contributed by atoms with van der Waals surface area (Å²) >= 11 is 0. The van der Waals surface area contributed by atoms with Crippen LogP contribution >= 0.6 is 0 Å². The monoisotopic (exact) mass is 206 g/mol. The molecule has 1 aromatic carbocycles. The molecule has 1 fully saturated rings. The topological polar surface area (TPSA) is 29.5 Å². The normalized spacial score (nSPS) is 17.7. The first-order valence-electron chi connectivity index (χ1n) is 5.67. The molecular formula is C13H18O2. The van der Waals surface area contributed by atoms with Crippen LogP contribution < -0.4 is 0 Å². The highest BCUT2D eigenvalue weighted by Crippen LogP contribution is 2.29. The van der Waals surface area contributed by atoms with Crippen molar-refractivity contribution >= 4 is 0 Å². The SMILES string of the molecule is OC(CCOCC1CC1)c1ccccc1. The summed E-state index contributed by atoms with van der Waals surface area (Å²) < 4.78 is 5.49. The zero-order valence-corrected chi connectivity index (χ0v) is 8.93. The number of aliphatic hydroxyl groups excluding tert-OH is 1. The summed E-state index contributed by atoms with van der Waals surface area (Å²) in [5.74, 6) is 0.805. The van der Waals surface area contributed by atoms with Crippen molar-refractivity contribution in [3.8, 4) is 0 Å². The number of aliphatic hydroxyl groups is 1. The molecule has 1 aliphatic rings. The Labute approximate surface area is 90.9 Å². The van der Waals surface area contributed by atoms with Crippen molar-refractivity contribution in [3.05, 3.63) is 35.9 Å². The highest BCUT2D eigenvalue weighted by molar-refractivity contribution is 5.16. The Bertz CT molecular complexity index is 280. The second kappa shape index (κ2) is 5.29. The van der Waals surface area contributed by atoms with Gasteiger partial charge < -0.3 is 9.84 Å². The summed E-state index contributed by atoms with van der Waals surface area (Å²) in [6.07, 6.45) is 2.95. The third-order valence-electron chi connectivity index (χ3n) is 2.77. The number of ether oxygens (including phenoxy) is 1. The molecule has 82 valence electrons. The van der Waals surface area contributed by atoms with E-state index in [9.17, 15) is 5.11 Å². The Morgan fingerprint density at radius 3 is 2.67 bits per heavy atom. The lowest BCUT2D eigenvalue weighted by molar-refractivity contribution is 0.0765. The standard InChI is InChI=1S/C13H18O2/c14-13(12-4-2-1-3-5-12)8-9-15-10-11-6-7-11/h1-5,11,13-14H,6-10H2. The van der Waals surface area contributed by atoms with Crippen LogP contribution in [0.2, 0.25) is 0 Å². The second-order valence-corrected chi connectivity index (χ2v) is 4.23. The Kier molecular flexibility index (Phi) is 3.75. The fraction of sp³-hybridized carbons (Fsp3) is 0.538. The third kappa shape index (κ3) is 3.65. The molecule has 0 bridgehead atoms. The molecule has 2 heteroatoms. The summed E-state index contributed by atoms with van der Waals surface area (Å²) in [7, 11) is 0. The molecule has 1 N–H and O–H groups in total. The zero-order valence-electron chi connectivity index (χ0n) is 8.93. The van der Waals surface area contributed by atoms with Gasteiger partial charge in [-0.3, -0.25) is 0 Å². The Morgan fingerprint density at radius 1 is 1.27 bits per heavy atom. The molecule has 0 spiro atoms. The van der Waals surface area contributed by atoms with Crippen LogP contribution in [0.15, 0.2) is 30.3 Å². The maximum Gasteiger partial charge on any atom is 0.0812 e. The van der Waals surface area contributed by atoms with Gasteiger partial charge in [-0.2, -0.15) is 0 Å². The van der Waals surface area contributed by atoms with Crippen molar-refractivity contribution in [2.75, 3.05) is 13.2 Å². The minimum absolute atomic E-state index is 0.384. The Hall–Kier alpha value is -0.860. The quantitative estimate of drug-likeness (QED) is 0.725. The van der Waals surface area contributed by atoms with Crippen LogP contribution in [0.5, 0.6) is 0 Å². The van der Waals surface area contributed by atoms with Crippen molar-refractivity contribution in [2.45, 2.75) is 25.4 Å². The van der Waals surface area contributed by atoms with Crippen molar-refractivity contribution in [1.82, 2.24) is 0 Å². The van der Waals surface area contributed by atoms with E-state index in [0.717, 1.165) is 18.1 Å². The summed E-state index contributed by atoms with van der Waals surface area (Å²) in [4.78, 5) is 0. The molecule has 0 heterocycles. The third-order valence-corrected chi connectivity index (χ3v) is 2.77. The minimum Gasteiger partial charge on any atom is -0.388 e. The fourth-order valence-corrected chi connectivity index (χ4v) is 1.57. The first-order valence-corrected chi connectivity index (χ1v) is 5.67. The molecule has 2 nitrogen and oxygen atoms in total. The summed E-state index contributed by atoms with van der Waals surface area (Å²) in [6, 6.07) is 9.75. The Balaban J connectivity index is 1.65. The maximum absolute atomic E-state index is 9.82. The summed E-state index contributed by atoms with van der Waals surface area (Å²) in [5.41, 5.74) is 0.979. The maximum atomic E-state index is 9.82. The predicted octanol–water partition coefficient (Wildman–Crippen LogP) is 2.54. The number of hydrogen-bond donors (Lipinski definition) is 1. The molecule has 1 saturated carbocycles. The van der Waals surface area contributed by atoms with Gasteiger partial charge in [0.05, 0.1) is 6.10 Å². The van der Waals surface area contributed by atoms with Crippen LogP contribution in [-0.2, 0) is 4.74 Å². The largest absolute Gasteiger partial charge is 0.388 e. The van der Waals surface area contributed by atoms with Gasteiger partial charge in [0.1, 0.15) is 0 Å². The lowest BCUT2D eigenvalue weighted by Gasteiger charge is -2.10. The van der Waals surface area contributed by atoms with E-state index in [-0.39, 0.29) is 6.10 Å². The van der Waals surface area contributed by atoms with Gasteiger partial charge in [0, 0.05) is 19.6 Å². The molecule has 1 atom stereocenters. The van der Waals surface area contributed by atoms with E-state index >= 15 is 0 Å². The van der Waals surface area contributed by atoms with E-state index in [2.05, 4.69) is 0 Å². The van der Waals surface area contributed by atoms with Gasteiger partial charge in [0.25, 0.3) is 0 Å². The molecule has 0 aliphatic heterocycles. The lowest BCUT2D eigenvalue weighted by Crippen LogP contribution is -2.04. The predicted molar refractivity (Wildman–Crippen MR) is 59.6 cm³/mol. The lowest BCUT2D eigenvalue weighted by atomic mass is 10.1.